The van der Waals surface area contributed by atoms with Gasteiger partial charge in [-0.3, -0.25) is 0 Å². The number of rotatable bonds is 4. The predicted octanol–water partition coefficient (Wildman–Crippen LogP) is 2.19. The third-order valence-electron chi connectivity index (χ3n) is 2.18. The van der Waals surface area contributed by atoms with E-state index >= 15 is 0 Å². The zero-order valence-corrected chi connectivity index (χ0v) is 7.70. The summed E-state index contributed by atoms with van der Waals surface area (Å²) in [5.41, 5.74) is 0. The molecule has 0 radical (unpaired) electrons. The Morgan fingerprint density at radius 3 is 2.75 bits per heavy atom. The van der Waals surface area contributed by atoms with Crippen LogP contribution in [0.15, 0.2) is 24.4 Å². The van der Waals surface area contributed by atoms with Gasteiger partial charge >= 0.3 is 0 Å². The summed E-state index contributed by atoms with van der Waals surface area (Å²) in [6.45, 7) is 4.22. The highest BCUT2D eigenvalue weighted by Gasteiger charge is 2.40. The van der Waals surface area contributed by atoms with Crippen LogP contribution >= 0.6 is 0 Å². The molecule has 0 spiro atoms. The van der Waals surface area contributed by atoms with Crippen LogP contribution in [-0.2, 0) is 0 Å². The lowest BCUT2D eigenvalue weighted by Gasteiger charge is -1.91. The van der Waals surface area contributed by atoms with Gasteiger partial charge < -0.3 is 10.3 Å². The van der Waals surface area contributed by atoms with Crippen molar-refractivity contribution in [3.8, 4) is 0 Å². The minimum absolute atomic E-state index is 0.535. The van der Waals surface area contributed by atoms with E-state index in [4.69, 9.17) is 5.41 Å². The fourth-order valence-corrected chi connectivity index (χ4v) is 1.55. The third-order valence-corrected chi connectivity index (χ3v) is 2.18. The van der Waals surface area contributed by atoms with E-state index in [1.54, 1.807) is 6.08 Å². The second-order valence-corrected chi connectivity index (χ2v) is 2.95. The summed E-state index contributed by atoms with van der Waals surface area (Å²) in [6, 6.07) is 1.20. The smallest absolute Gasteiger partial charge is 0.0678 e. The first kappa shape index (κ1) is 9.04. The predicted molar refractivity (Wildman–Crippen MR) is 52.4 cm³/mol. The van der Waals surface area contributed by atoms with Gasteiger partial charge in [-0.05, 0) is 25.6 Å². The van der Waals surface area contributed by atoms with Crippen molar-refractivity contribution in [2.75, 3.05) is 0 Å². The van der Waals surface area contributed by atoms with E-state index in [2.05, 4.69) is 30.2 Å². The third kappa shape index (κ3) is 1.76. The Morgan fingerprint density at radius 2 is 2.25 bits per heavy atom. The fourth-order valence-electron chi connectivity index (χ4n) is 1.55. The molecule has 1 saturated heterocycles. The zero-order chi connectivity index (χ0) is 8.97. The van der Waals surface area contributed by atoms with Gasteiger partial charge in [0.25, 0.3) is 0 Å². The SMILES string of the molecule is C/C=C\N1C(/C=C\C=N)C1CC. The molecule has 1 N–H and O–H groups in total. The molecule has 66 valence electrons. The fraction of sp³-hybridized carbons (Fsp3) is 0.500. The van der Waals surface area contributed by atoms with Gasteiger partial charge in [0.2, 0.25) is 0 Å². The van der Waals surface area contributed by atoms with Crippen LogP contribution in [0.4, 0.5) is 0 Å². The molecule has 1 heterocycles. The van der Waals surface area contributed by atoms with E-state index in [9.17, 15) is 0 Å². The van der Waals surface area contributed by atoms with E-state index in [0.717, 1.165) is 0 Å². The summed E-state index contributed by atoms with van der Waals surface area (Å²) in [4.78, 5) is 2.31. The van der Waals surface area contributed by atoms with Crippen LogP contribution in [0.25, 0.3) is 0 Å². The van der Waals surface area contributed by atoms with Crippen molar-refractivity contribution in [3.63, 3.8) is 0 Å². The van der Waals surface area contributed by atoms with Gasteiger partial charge in [0.1, 0.15) is 0 Å². The molecule has 2 heteroatoms. The van der Waals surface area contributed by atoms with E-state index in [1.165, 1.54) is 12.6 Å². The second kappa shape index (κ2) is 4.10. The quantitative estimate of drug-likeness (QED) is 0.500. The van der Waals surface area contributed by atoms with Crippen LogP contribution in [0, 0.1) is 5.41 Å². The topological polar surface area (TPSA) is 26.9 Å². The van der Waals surface area contributed by atoms with Crippen molar-refractivity contribution >= 4 is 6.21 Å². The Morgan fingerprint density at radius 1 is 1.50 bits per heavy atom. The Hall–Kier alpha value is -1.05. The number of allylic oxidation sites excluding steroid dienone is 2. The number of hydrogen-bond acceptors (Lipinski definition) is 2. The molecular formula is C10H16N2. The average molecular weight is 164 g/mol. The maximum Gasteiger partial charge on any atom is 0.0678 e. The average Bonchev–Trinajstić information content (AvgIpc) is 2.75. The van der Waals surface area contributed by atoms with Crippen LogP contribution in [0.5, 0.6) is 0 Å². The van der Waals surface area contributed by atoms with E-state index in [1.807, 2.05) is 6.92 Å². The molecule has 1 rings (SSSR count). The molecule has 0 aromatic heterocycles. The number of nitrogens with one attached hydrogen (secondary N) is 1. The molecule has 0 aromatic carbocycles. The maximum absolute atomic E-state index is 6.87. The molecule has 0 amide bonds. The van der Waals surface area contributed by atoms with Crippen molar-refractivity contribution < 1.29 is 0 Å². The number of hydrogen-bond donors (Lipinski definition) is 1. The van der Waals surface area contributed by atoms with Crippen LogP contribution in [0.2, 0.25) is 0 Å². The first-order chi connectivity index (χ1) is 5.85. The monoisotopic (exact) mass is 164 g/mol. The lowest BCUT2D eigenvalue weighted by atomic mass is 10.2. The summed E-state index contributed by atoms with van der Waals surface area (Å²) in [6.07, 6.45) is 10.6. The maximum atomic E-state index is 6.87. The standard InChI is InChI=1S/C10H16N2/c1-3-8-12-9(4-2)10(12)6-5-7-11/h3,5-11H,4H2,1-2H3/b6-5-,8-3-,11-7?. The van der Waals surface area contributed by atoms with Crippen LogP contribution in [0.3, 0.4) is 0 Å². The molecule has 1 aliphatic rings. The van der Waals surface area contributed by atoms with Crippen molar-refractivity contribution in [2.45, 2.75) is 32.4 Å². The minimum Gasteiger partial charge on any atom is -0.364 e. The van der Waals surface area contributed by atoms with Crippen LogP contribution in [0.1, 0.15) is 20.3 Å². The number of nitrogens with zero attached hydrogens (tertiary/aromatic N) is 1. The van der Waals surface area contributed by atoms with Crippen molar-refractivity contribution in [1.82, 2.24) is 4.90 Å². The minimum atomic E-state index is 0.535. The molecule has 2 unspecified atom stereocenters. The van der Waals surface area contributed by atoms with Gasteiger partial charge in [-0.15, -0.1) is 0 Å². The molecule has 0 saturated carbocycles. The second-order valence-electron chi connectivity index (χ2n) is 2.95. The van der Waals surface area contributed by atoms with E-state index < -0.39 is 0 Å². The van der Waals surface area contributed by atoms with Gasteiger partial charge in [0.15, 0.2) is 0 Å². The summed E-state index contributed by atoms with van der Waals surface area (Å²) in [7, 11) is 0. The highest BCUT2D eigenvalue weighted by atomic mass is 15.3. The largest absolute Gasteiger partial charge is 0.364 e. The van der Waals surface area contributed by atoms with Crippen LogP contribution in [-0.4, -0.2) is 23.2 Å². The van der Waals surface area contributed by atoms with E-state index in [-0.39, 0.29) is 0 Å². The first-order valence-electron chi connectivity index (χ1n) is 4.42. The van der Waals surface area contributed by atoms with Gasteiger partial charge in [0.05, 0.1) is 12.1 Å². The van der Waals surface area contributed by atoms with Crippen molar-refractivity contribution in [3.05, 3.63) is 24.4 Å². The lowest BCUT2D eigenvalue weighted by Crippen LogP contribution is -1.88. The zero-order valence-electron chi connectivity index (χ0n) is 7.70. The Bertz CT molecular complexity index is 206. The summed E-state index contributed by atoms with van der Waals surface area (Å²) in [5, 5.41) is 6.87. The van der Waals surface area contributed by atoms with Gasteiger partial charge in [-0.25, -0.2) is 0 Å². The molecular weight excluding hydrogens is 148 g/mol. The Labute approximate surface area is 74.1 Å². The summed E-state index contributed by atoms with van der Waals surface area (Å²) >= 11 is 0. The molecule has 1 fully saturated rings. The van der Waals surface area contributed by atoms with Crippen molar-refractivity contribution in [1.29, 1.82) is 5.41 Å². The molecule has 2 atom stereocenters. The molecule has 12 heavy (non-hydrogen) atoms. The summed E-state index contributed by atoms with van der Waals surface area (Å²) in [5.74, 6) is 0. The summed E-state index contributed by atoms with van der Waals surface area (Å²) < 4.78 is 0. The Kier molecular flexibility index (Phi) is 3.09. The lowest BCUT2D eigenvalue weighted by molar-refractivity contribution is 0.646. The molecule has 0 aliphatic carbocycles. The molecule has 0 aromatic rings. The van der Waals surface area contributed by atoms with Crippen LogP contribution < -0.4 is 0 Å². The van der Waals surface area contributed by atoms with Gasteiger partial charge in [-0.1, -0.05) is 19.1 Å². The van der Waals surface area contributed by atoms with Gasteiger partial charge in [-0.2, -0.15) is 0 Å². The molecule has 1 aliphatic heterocycles. The Balaban J connectivity index is 2.46. The molecule has 2 nitrogen and oxygen atoms in total. The highest BCUT2D eigenvalue weighted by Crippen LogP contribution is 2.32. The highest BCUT2D eigenvalue weighted by molar-refractivity contribution is 5.68. The van der Waals surface area contributed by atoms with Gasteiger partial charge in [0, 0.05) is 6.21 Å². The van der Waals surface area contributed by atoms with E-state index in [0.29, 0.717) is 12.1 Å². The van der Waals surface area contributed by atoms with Crippen molar-refractivity contribution in [2.24, 2.45) is 0 Å². The molecule has 0 bridgehead atoms. The first-order valence-corrected chi connectivity index (χ1v) is 4.42. The normalized spacial score (nSPS) is 28.7.